The second kappa shape index (κ2) is 13.5. The van der Waals surface area contributed by atoms with E-state index in [4.69, 9.17) is 9.79 Å². The number of hydrogen-bond donors (Lipinski definition) is 4. The summed E-state index contributed by atoms with van der Waals surface area (Å²) < 4.78 is 41.1. The molecule has 16 heteroatoms. The van der Waals surface area contributed by atoms with Crippen molar-refractivity contribution < 1.29 is 47.4 Å². The maximum atomic E-state index is 14.3. The van der Waals surface area contributed by atoms with Gasteiger partial charge in [-0.1, -0.05) is 42.8 Å². The molecule has 1 saturated heterocycles. The second-order valence-electron chi connectivity index (χ2n) is 12.0. The molecule has 0 bridgehead atoms. The Morgan fingerprint density at radius 3 is 2.35 bits per heavy atom. The molecule has 2 unspecified atom stereocenters. The summed E-state index contributed by atoms with van der Waals surface area (Å²) in [5.41, 5.74) is -5.67. The van der Waals surface area contributed by atoms with Crippen LogP contribution in [-0.2, 0) is 24.6 Å². The first-order valence-corrected chi connectivity index (χ1v) is 17.4. The molecular weight excluding hydrogens is 711 g/mol. The van der Waals surface area contributed by atoms with Gasteiger partial charge in [-0.2, -0.15) is 8.78 Å². The van der Waals surface area contributed by atoms with Crippen molar-refractivity contribution in [2.75, 3.05) is 18.0 Å². The number of nitrogens with one attached hydrogen (secondary N) is 1. The molecule has 1 aromatic heterocycles. The Kier molecular flexibility index (Phi) is 10.4. The van der Waals surface area contributed by atoms with E-state index in [9.17, 15) is 37.6 Å². The lowest BCUT2D eigenvalue weighted by Crippen LogP contribution is -2.58. The van der Waals surface area contributed by atoms with E-state index in [0.717, 1.165) is 27.9 Å². The van der Waals surface area contributed by atoms with Gasteiger partial charge in [0.1, 0.15) is 12.1 Å². The monoisotopic (exact) mass is 743 g/mol. The topological polar surface area (TPSA) is 165 Å². The van der Waals surface area contributed by atoms with E-state index in [1.807, 2.05) is 0 Å². The first kappa shape index (κ1) is 35.6. The van der Waals surface area contributed by atoms with Gasteiger partial charge in [0.2, 0.25) is 11.8 Å². The van der Waals surface area contributed by atoms with Gasteiger partial charge in [0.25, 0.3) is 5.91 Å². The van der Waals surface area contributed by atoms with E-state index in [0.29, 0.717) is 23.2 Å². The van der Waals surface area contributed by atoms with Crippen molar-refractivity contribution in [3.63, 3.8) is 0 Å². The van der Waals surface area contributed by atoms with Crippen molar-refractivity contribution in [2.24, 2.45) is 5.41 Å². The van der Waals surface area contributed by atoms with E-state index in [2.05, 4.69) is 21.2 Å². The lowest BCUT2D eigenvalue weighted by molar-refractivity contribution is -0.141. The van der Waals surface area contributed by atoms with Gasteiger partial charge in [0.05, 0.1) is 11.3 Å². The first-order chi connectivity index (χ1) is 21.3. The molecule has 1 aliphatic heterocycles. The van der Waals surface area contributed by atoms with Crippen LogP contribution in [0, 0.1) is 5.41 Å². The molecule has 248 valence electrons. The fourth-order valence-electron chi connectivity index (χ4n) is 5.19. The van der Waals surface area contributed by atoms with Gasteiger partial charge in [-0.15, -0.1) is 11.3 Å². The molecule has 0 spiro atoms. The minimum absolute atomic E-state index is 0.0813. The summed E-state index contributed by atoms with van der Waals surface area (Å²) in [6, 6.07) is 9.13. The Hall–Kier alpha value is -3.23. The molecule has 3 aromatic rings. The van der Waals surface area contributed by atoms with Crippen LogP contribution in [0.2, 0.25) is 0 Å². The summed E-state index contributed by atoms with van der Waals surface area (Å²) in [4.78, 5) is 73.8. The Morgan fingerprint density at radius 1 is 1.11 bits per heavy atom. The van der Waals surface area contributed by atoms with E-state index in [1.165, 1.54) is 21.9 Å². The molecule has 1 aliphatic rings. The Morgan fingerprint density at radius 2 is 1.76 bits per heavy atom. The predicted octanol–water partition coefficient (Wildman–Crippen LogP) is 5.53. The maximum absolute atomic E-state index is 14.3. The quantitative estimate of drug-likeness (QED) is 0.197. The van der Waals surface area contributed by atoms with Crippen LogP contribution in [0.3, 0.4) is 0 Å². The number of aliphatic carboxylic acids is 1. The Bertz CT molecular complexity index is 1710. The van der Waals surface area contributed by atoms with Crippen molar-refractivity contribution in [3.05, 3.63) is 63.4 Å². The Labute approximate surface area is 275 Å². The van der Waals surface area contributed by atoms with Crippen LogP contribution < -0.4 is 10.2 Å². The number of carboxylic acids is 1. The van der Waals surface area contributed by atoms with Crippen LogP contribution in [0.5, 0.6) is 0 Å². The molecule has 0 aliphatic carbocycles. The number of fused-ring (bicyclic) bond motifs is 1. The summed E-state index contributed by atoms with van der Waals surface area (Å²) in [5, 5.41) is 12.2. The molecule has 4 N–H and O–H groups in total. The summed E-state index contributed by atoms with van der Waals surface area (Å²) >= 11 is 4.30. The number of rotatable bonds is 10. The largest absolute Gasteiger partial charge is 0.481 e. The lowest BCUT2D eigenvalue weighted by atomic mass is 9.85. The van der Waals surface area contributed by atoms with Crippen molar-refractivity contribution in [2.45, 2.75) is 57.8 Å². The van der Waals surface area contributed by atoms with Crippen LogP contribution >= 0.6 is 34.9 Å². The number of hydrogen-bond acceptors (Lipinski definition) is 6. The molecule has 0 radical (unpaired) electrons. The van der Waals surface area contributed by atoms with Gasteiger partial charge in [-0.25, -0.2) is 0 Å². The highest BCUT2D eigenvalue weighted by atomic mass is 79.9. The van der Waals surface area contributed by atoms with Gasteiger partial charge in [0, 0.05) is 33.5 Å². The number of alkyl halides is 2. The van der Waals surface area contributed by atoms with Crippen molar-refractivity contribution in [1.82, 2.24) is 10.2 Å². The van der Waals surface area contributed by atoms with Crippen LogP contribution in [0.1, 0.15) is 55.3 Å². The SMILES string of the molecule is CC(C)(C)C(NC(=O)c1cc2cc(C(F)(F)P(=O)(O)O)ccc2s1)C(=O)N1CCCC1C(=O)N(CCC(=O)O)c1ccc(Br)cc1. The number of thiophene rings is 1. The van der Waals surface area contributed by atoms with E-state index in [1.54, 1.807) is 45.0 Å². The molecule has 46 heavy (non-hydrogen) atoms. The number of benzene rings is 2. The van der Waals surface area contributed by atoms with Crippen LogP contribution in [-0.4, -0.2) is 68.7 Å². The highest BCUT2D eigenvalue weighted by molar-refractivity contribution is 9.10. The highest BCUT2D eigenvalue weighted by Gasteiger charge is 2.50. The van der Waals surface area contributed by atoms with Crippen molar-refractivity contribution in [3.8, 4) is 0 Å². The molecule has 4 rings (SSSR count). The number of carboxylic acid groups (broad SMARTS) is 1. The maximum Gasteiger partial charge on any atom is 0.399 e. The molecule has 11 nitrogen and oxygen atoms in total. The summed E-state index contributed by atoms with van der Waals surface area (Å²) in [7, 11) is -5.79. The number of halogens is 3. The van der Waals surface area contributed by atoms with Crippen LogP contribution in [0.25, 0.3) is 10.1 Å². The zero-order valence-corrected chi connectivity index (χ0v) is 28.4. The third-order valence-electron chi connectivity index (χ3n) is 7.62. The fraction of sp³-hybridized carbons (Fsp3) is 0.400. The normalized spacial score (nSPS) is 16.3. The summed E-state index contributed by atoms with van der Waals surface area (Å²) in [5.74, 6) is -2.70. The van der Waals surface area contributed by atoms with Gasteiger partial charge in [-0.05, 0) is 66.1 Å². The van der Waals surface area contributed by atoms with Gasteiger partial charge in [0.15, 0.2) is 0 Å². The van der Waals surface area contributed by atoms with Gasteiger partial charge in [-0.3, -0.25) is 23.7 Å². The average molecular weight is 745 g/mol. The number of amides is 3. The number of carbonyl (C=O) groups excluding carboxylic acids is 3. The average Bonchev–Trinajstić information content (AvgIpc) is 3.62. The molecule has 3 amide bonds. The van der Waals surface area contributed by atoms with Gasteiger partial charge >= 0.3 is 19.2 Å². The van der Waals surface area contributed by atoms with E-state index in [-0.39, 0.29) is 29.8 Å². The fourth-order valence-corrected chi connectivity index (χ4v) is 6.88. The smallest absolute Gasteiger partial charge is 0.399 e. The predicted molar refractivity (Wildman–Crippen MR) is 172 cm³/mol. The lowest BCUT2D eigenvalue weighted by Gasteiger charge is -2.36. The molecular formula is C30H33BrF2N3O8PS. The van der Waals surface area contributed by atoms with Crippen LogP contribution in [0.15, 0.2) is 53.0 Å². The highest BCUT2D eigenvalue weighted by Crippen LogP contribution is 2.59. The summed E-state index contributed by atoms with van der Waals surface area (Å²) in [6.07, 6.45) is 0.544. The van der Waals surface area contributed by atoms with Crippen molar-refractivity contribution in [1.29, 1.82) is 0 Å². The van der Waals surface area contributed by atoms with Crippen molar-refractivity contribution >= 4 is 74.3 Å². The minimum Gasteiger partial charge on any atom is -0.481 e. The minimum atomic E-state index is -5.79. The molecule has 2 heterocycles. The summed E-state index contributed by atoms with van der Waals surface area (Å²) in [6.45, 7) is 5.35. The standard InChI is InChI=1S/C30H33BrF2N3O8PS/c1-29(2,3)25(34-26(39)23-16-17-15-18(6-11-22(17)46-23)30(32,33)45(42,43)44)28(41)36-13-4-5-21(36)27(40)35(14-12-24(37)38)20-9-7-19(31)8-10-20/h6-11,15-16,21,25H,4-5,12-14H2,1-3H3,(H,34,39)(H,37,38)(H2,42,43,44). The first-order valence-electron chi connectivity index (χ1n) is 14.2. The zero-order chi connectivity index (χ0) is 34.2. The number of anilines is 1. The second-order valence-corrected chi connectivity index (χ2v) is 15.7. The molecule has 2 aromatic carbocycles. The molecule has 2 atom stereocenters. The molecule has 0 saturated carbocycles. The third-order valence-corrected chi connectivity index (χ3v) is 10.2. The number of carbonyl (C=O) groups is 4. The zero-order valence-electron chi connectivity index (χ0n) is 25.1. The van der Waals surface area contributed by atoms with Crippen LogP contribution in [0.4, 0.5) is 14.5 Å². The third kappa shape index (κ3) is 7.66. The Balaban J connectivity index is 1.59. The molecule has 1 fully saturated rings. The van der Waals surface area contributed by atoms with Gasteiger partial charge < -0.3 is 30.0 Å². The number of likely N-dealkylation sites (tertiary alicyclic amines) is 1. The number of nitrogens with zero attached hydrogens (tertiary/aromatic N) is 2. The van der Waals surface area contributed by atoms with E-state index < -0.39 is 60.0 Å². The van der Waals surface area contributed by atoms with E-state index >= 15 is 0 Å².